The largest absolute Gasteiger partial charge is 0.486 e. The Morgan fingerprint density at radius 3 is 2.76 bits per heavy atom. The van der Waals surface area contributed by atoms with E-state index in [0.717, 1.165) is 11.1 Å². The number of halogens is 1. The van der Waals surface area contributed by atoms with Crippen LogP contribution in [0.25, 0.3) is 5.65 Å². The van der Waals surface area contributed by atoms with Crippen molar-refractivity contribution < 1.29 is 28.2 Å². The number of carbonyl (C=O) groups is 3. The molecule has 0 bridgehead atoms. The van der Waals surface area contributed by atoms with Crippen LogP contribution in [0, 0.1) is 0 Å². The van der Waals surface area contributed by atoms with E-state index in [0.29, 0.717) is 29.1 Å². The standard InChI is InChI=1S/C27H24FN5O5/c1-16(28)38-24-5-3-2-4-18(24)14-30-27(36)22-12-21(32-25-8-9-31-33(22)25)26(35)29-13-17-6-7-23-19(10-17)11-20(34)15-37-23/h2-10,12,16H,11,13-15H2,1H3,(H,29,35)(H,30,36). The van der Waals surface area contributed by atoms with E-state index >= 15 is 0 Å². The zero-order valence-corrected chi connectivity index (χ0v) is 20.4. The van der Waals surface area contributed by atoms with Gasteiger partial charge in [-0.2, -0.15) is 5.10 Å². The van der Waals surface area contributed by atoms with Gasteiger partial charge in [0.15, 0.2) is 11.4 Å². The SMILES string of the molecule is CC(F)Oc1ccccc1CNC(=O)c1cc(C(=O)NCc2ccc3c(c2)CC(=O)CO3)nc2ccnn12. The topological polar surface area (TPSA) is 124 Å². The molecule has 38 heavy (non-hydrogen) atoms. The second-order valence-corrected chi connectivity index (χ2v) is 8.71. The summed E-state index contributed by atoms with van der Waals surface area (Å²) in [5.41, 5.74) is 2.62. The molecular formula is C27H24FN5O5. The summed E-state index contributed by atoms with van der Waals surface area (Å²) in [5.74, 6) is -0.00613. The molecule has 1 aliphatic heterocycles. The Morgan fingerprint density at radius 2 is 1.92 bits per heavy atom. The van der Waals surface area contributed by atoms with Crippen molar-refractivity contribution in [3.05, 3.63) is 88.9 Å². The minimum atomic E-state index is -1.51. The summed E-state index contributed by atoms with van der Waals surface area (Å²) in [5, 5.41) is 9.71. The van der Waals surface area contributed by atoms with Crippen molar-refractivity contribution in [2.75, 3.05) is 6.61 Å². The van der Waals surface area contributed by atoms with E-state index in [1.165, 1.54) is 23.7 Å². The monoisotopic (exact) mass is 517 g/mol. The summed E-state index contributed by atoms with van der Waals surface area (Å²) in [7, 11) is 0. The first-order chi connectivity index (χ1) is 18.4. The number of hydrogen-bond donors (Lipinski definition) is 2. The van der Waals surface area contributed by atoms with Gasteiger partial charge >= 0.3 is 0 Å². The van der Waals surface area contributed by atoms with E-state index in [9.17, 15) is 18.8 Å². The van der Waals surface area contributed by atoms with Gasteiger partial charge in [0.05, 0.1) is 6.20 Å². The van der Waals surface area contributed by atoms with Crippen molar-refractivity contribution in [2.24, 2.45) is 0 Å². The number of ether oxygens (including phenoxy) is 2. The van der Waals surface area contributed by atoms with Crippen molar-refractivity contribution in [2.45, 2.75) is 32.8 Å². The maximum Gasteiger partial charge on any atom is 0.270 e. The predicted octanol–water partition coefficient (Wildman–Crippen LogP) is 2.79. The smallest absolute Gasteiger partial charge is 0.270 e. The molecule has 194 valence electrons. The molecule has 0 fully saturated rings. The second-order valence-electron chi connectivity index (χ2n) is 8.71. The van der Waals surface area contributed by atoms with Crippen molar-refractivity contribution in [1.29, 1.82) is 0 Å². The Morgan fingerprint density at radius 1 is 1.11 bits per heavy atom. The highest BCUT2D eigenvalue weighted by molar-refractivity contribution is 5.98. The fourth-order valence-corrected chi connectivity index (χ4v) is 4.11. The molecule has 2 amide bonds. The maximum absolute atomic E-state index is 13.4. The zero-order chi connectivity index (χ0) is 26.6. The van der Waals surface area contributed by atoms with Gasteiger partial charge in [-0.1, -0.05) is 24.3 Å². The number of hydrogen-bond acceptors (Lipinski definition) is 7. The number of nitrogens with one attached hydrogen (secondary N) is 2. The van der Waals surface area contributed by atoms with Gasteiger partial charge in [0.2, 0.25) is 6.36 Å². The van der Waals surface area contributed by atoms with Gasteiger partial charge < -0.3 is 20.1 Å². The molecule has 3 heterocycles. The molecule has 0 aliphatic carbocycles. The van der Waals surface area contributed by atoms with Gasteiger partial charge in [-0.3, -0.25) is 14.4 Å². The predicted molar refractivity (Wildman–Crippen MR) is 134 cm³/mol. The summed E-state index contributed by atoms with van der Waals surface area (Å²) in [6.45, 7) is 1.60. The van der Waals surface area contributed by atoms with Crippen molar-refractivity contribution in [3.8, 4) is 11.5 Å². The summed E-state index contributed by atoms with van der Waals surface area (Å²) >= 11 is 0. The normalized spacial score (nSPS) is 13.4. The third-order valence-electron chi connectivity index (χ3n) is 5.88. The third-order valence-corrected chi connectivity index (χ3v) is 5.88. The Hall–Kier alpha value is -4.80. The molecule has 4 aromatic rings. The lowest BCUT2D eigenvalue weighted by Crippen LogP contribution is -2.28. The molecule has 1 atom stereocenters. The van der Waals surface area contributed by atoms with Gasteiger partial charge in [0.25, 0.3) is 11.8 Å². The molecule has 2 aromatic heterocycles. The molecule has 5 rings (SSSR count). The number of alkyl halides is 1. The highest BCUT2D eigenvalue weighted by Gasteiger charge is 2.20. The fraction of sp³-hybridized carbons (Fsp3) is 0.222. The van der Waals surface area contributed by atoms with E-state index in [1.54, 1.807) is 36.4 Å². The van der Waals surface area contributed by atoms with Crippen molar-refractivity contribution >= 4 is 23.2 Å². The number of amides is 2. The third kappa shape index (κ3) is 5.46. The lowest BCUT2D eigenvalue weighted by atomic mass is 10.0. The molecule has 2 N–H and O–H groups in total. The summed E-state index contributed by atoms with van der Waals surface area (Å²) in [4.78, 5) is 42.1. The summed E-state index contributed by atoms with van der Waals surface area (Å²) < 4.78 is 25.3. The van der Waals surface area contributed by atoms with Crippen LogP contribution in [0.1, 0.15) is 44.6 Å². The Labute approximate surface area is 216 Å². The number of fused-ring (bicyclic) bond motifs is 2. The highest BCUT2D eigenvalue weighted by Crippen LogP contribution is 2.24. The van der Waals surface area contributed by atoms with Gasteiger partial charge in [0.1, 0.15) is 29.5 Å². The van der Waals surface area contributed by atoms with Gasteiger partial charge in [-0.25, -0.2) is 13.9 Å². The van der Waals surface area contributed by atoms with Crippen molar-refractivity contribution in [3.63, 3.8) is 0 Å². The van der Waals surface area contributed by atoms with Crippen LogP contribution in [0.4, 0.5) is 4.39 Å². The average Bonchev–Trinajstić information content (AvgIpc) is 3.39. The van der Waals surface area contributed by atoms with E-state index in [4.69, 9.17) is 9.47 Å². The molecule has 0 saturated heterocycles. The first-order valence-electron chi connectivity index (χ1n) is 11.9. The first kappa shape index (κ1) is 24.9. The quantitative estimate of drug-likeness (QED) is 0.368. The lowest BCUT2D eigenvalue weighted by molar-refractivity contribution is -0.121. The maximum atomic E-state index is 13.4. The molecule has 0 spiro atoms. The number of carbonyl (C=O) groups excluding carboxylic acids is 3. The highest BCUT2D eigenvalue weighted by atomic mass is 19.1. The number of nitrogens with zero attached hydrogens (tertiary/aromatic N) is 3. The van der Waals surface area contributed by atoms with Crippen LogP contribution in [-0.4, -0.2) is 45.2 Å². The number of Topliss-reactive ketones (excluding diaryl/α,β-unsaturated/α-hetero) is 1. The number of ketones is 1. The van der Waals surface area contributed by atoms with E-state index in [1.807, 2.05) is 12.1 Å². The first-order valence-corrected chi connectivity index (χ1v) is 11.9. The van der Waals surface area contributed by atoms with E-state index < -0.39 is 18.2 Å². The molecule has 0 radical (unpaired) electrons. The van der Waals surface area contributed by atoms with Gasteiger partial charge in [-0.15, -0.1) is 0 Å². The summed E-state index contributed by atoms with van der Waals surface area (Å²) in [6, 6.07) is 15.2. The molecule has 1 aliphatic rings. The van der Waals surface area contributed by atoms with E-state index in [-0.39, 0.29) is 36.9 Å². The van der Waals surface area contributed by atoms with Gasteiger partial charge in [0, 0.05) is 49.7 Å². The van der Waals surface area contributed by atoms with Gasteiger partial charge in [-0.05, 0) is 23.8 Å². The fourth-order valence-electron chi connectivity index (χ4n) is 4.11. The Kier molecular flexibility index (Phi) is 6.98. The average molecular weight is 518 g/mol. The minimum Gasteiger partial charge on any atom is -0.486 e. The molecule has 11 heteroatoms. The lowest BCUT2D eigenvalue weighted by Gasteiger charge is -2.17. The number of benzene rings is 2. The van der Waals surface area contributed by atoms with Crippen molar-refractivity contribution in [1.82, 2.24) is 25.2 Å². The Balaban J connectivity index is 1.30. The van der Waals surface area contributed by atoms with Crippen LogP contribution in [-0.2, 0) is 24.3 Å². The minimum absolute atomic E-state index is 0.00390. The molecule has 10 nitrogen and oxygen atoms in total. The van der Waals surface area contributed by atoms with Crippen LogP contribution in [0.3, 0.4) is 0 Å². The second kappa shape index (κ2) is 10.7. The number of aromatic nitrogens is 3. The van der Waals surface area contributed by atoms with Crippen LogP contribution in [0.2, 0.25) is 0 Å². The van der Waals surface area contributed by atoms with Crippen LogP contribution >= 0.6 is 0 Å². The van der Waals surface area contributed by atoms with Crippen LogP contribution in [0.15, 0.2) is 60.8 Å². The van der Waals surface area contributed by atoms with Crippen LogP contribution in [0.5, 0.6) is 11.5 Å². The molecule has 0 saturated carbocycles. The van der Waals surface area contributed by atoms with E-state index in [2.05, 4.69) is 20.7 Å². The Bertz CT molecular complexity index is 1530. The molecule has 1 unspecified atom stereocenters. The van der Waals surface area contributed by atoms with Crippen LogP contribution < -0.4 is 20.1 Å². The zero-order valence-electron chi connectivity index (χ0n) is 20.4. The molecule has 2 aromatic carbocycles. The summed E-state index contributed by atoms with van der Waals surface area (Å²) in [6.07, 6.45) is 0.260. The number of para-hydroxylation sites is 1. The molecular weight excluding hydrogens is 493 g/mol. The number of rotatable bonds is 8.